The lowest BCUT2D eigenvalue weighted by molar-refractivity contribution is -0.149. The predicted octanol–water partition coefficient (Wildman–Crippen LogP) is 4.80. The Kier molecular flexibility index (Phi) is 5.98. The second-order valence-corrected chi connectivity index (χ2v) is 5.81. The minimum absolute atomic E-state index is 0.318. The van der Waals surface area contributed by atoms with E-state index in [-0.39, 0.29) is 5.82 Å². The summed E-state index contributed by atoms with van der Waals surface area (Å²) in [6.07, 6.45) is 3.52. The van der Waals surface area contributed by atoms with E-state index >= 15 is 0 Å². The zero-order valence-corrected chi connectivity index (χ0v) is 13.0. The molecule has 0 aromatic heterocycles. The molecule has 1 aromatic rings. The largest absolute Gasteiger partial charge is 0.481 e. The lowest BCUT2D eigenvalue weighted by atomic mass is 9.75. The normalized spacial score (nSPS) is 14.1. The Morgan fingerprint density at radius 3 is 2.58 bits per heavy atom. The number of carboxylic acids is 1. The van der Waals surface area contributed by atoms with Gasteiger partial charge in [0, 0.05) is 4.47 Å². The molecular weight excluding hydrogens is 311 g/mol. The van der Waals surface area contributed by atoms with Gasteiger partial charge in [-0.05, 0) is 37.0 Å². The van der Waals surface area contributed by atoms with E-state index in [4.69, 9.17) is 0 Å². The minimum Gasteiger partial charge on any atom is -0.481 e. The maximum atomic E-state index is 13.1. The first kappa shape index (κ1) is 16.2. The smallest absolute Gasteiger partial charge is 0.309 e. The number of carboxylic acid groups (broad SMARTS) is 1. The van der Waals surface area contributed by atoms with Gasteiger partial charge >= 0.3 is 5.97 Å². The number of unbranched alkanes of at least 4 members (excludes halogenated alkanes) is 1. The first-order valence-corrected chi connectivity index (χ1v) is 7.42. The van der Waals surface area contributed by atoms with Crippen LogP contribution in [0.1, 0.15) is 45.1 Å². The Hall–Kier alpha value is -0.900. The van der Waals surface area contributed by atoms with Crippen LogP contribution < -0.4 is 0 Å². The summed E-state index contributed by atoms with van der Waals surface area (Å²) in [6.45, 7) is 3.96. The van der Waals surface area contributed by atoms with Crippen molar-refractivity contribution >= 4 is 21.9 Å². The molecule has 1 atom stereocenters. The molecule has 0 saturated heterocycles. The molecule has 19 heavy (non-hydrogen) atoms. The lowest BCUT2D eigenvalue weighted by Gasteiger charge is -2.28. The molecule has 1 unspecified atom stereocenters. The number of rotatable bonds is 7. The van der Waals surface area contributed by atoms with Gasteiger partial charge in [0.05, 0.1) is 5.41 Å². The van der Waals surface area contributed by atoms with Crippen LogP contribution in [0.25, 0.3) is 0 Å². The molecule has 1 aromatic carbocycles. The third-order valence-electron chi connectivity index (χ3n) is 3.68. The molecule has 106 valence electrons. The summed E-state index contributed by atoms with van der Waals surface area (Å²) < 4.78 is 13.7. The predicted molar refractivity (Wildman–Crippen MR) is 77.7 cm³/mol. The molecule has 1 rings (SSSR count). The second-order valence-electron chi connectivity index (χ2n) is 4.96. The molecule has 0 bridgehead atoms. The maximum Gasteiger partial charge on any atom is 0.309 e. The van der Waals surface area contributed by atoms with Crippen LogP contribution in [-0.4, -0.2) is 11.1 Å². The molecule has 0 spiro atoms. The van der Waals surface area contributed by atoms with Gasteiger partial charge in [-0.25, -0.2) is 4.39 Å². The Balaban J connectivity index is 3.02. The Morgan fingerprint density at radius 1 is 1.42 bits per heavy atom. The molecule has 4 heteroatoms. The average molecular weight is 331 g/mol. The molecule has 1 N–H and O–H groups in total. The molecule has 0 aliphatic carbocycles. The molecule has 0 aliphatic heterocycles. The fourth-order valence-corrected chi connectivity index (χ4v) is 2.76. The summed E-state index contributed by atoms with van der Waals surface area (Å²) in [6, 6.07) is 4.43. The van der Waals surface area contributed by atoms with Crippen molar-refractivity contribution in [2.75, 3.05) is 0 Å². The van der Waals surface area contributed by atoms with Gasteiger partial charge in [-0.3, -0.25) is 4.79 Å². The lowest BCUT2D eigenvalue weighted by Crippen LogP contribution is -2.33. The van der Waals surface area contributed by atoms with Crippen LogP contribution in [0.3, 0.4) is 0 Å². The van der Waals surface area contributed by atoms with Crippen molar-refractivity contribution in [2.24, 2.45) is 5.41 Å². The van der Waals surface area contributed by atoms with E-state index in [1.807, 2.05) is 6.92 Å². The van der Waals surface area contributed by atoms with Crippen LogP contribution >= 0.6 is 15.9 Å². The highest BCUT2D eigenvalue weighted by atomic mass is 79.9. The van der Waals surface area contributed by atoms with Gasteiger partial charge in [0.25, 0.3) is 0 Å². The zero-order valence-electron chi connectivity index (χ0n) is 11.4. The van der Waals surface area contributed by atoms with Crippen molar-refractivity contribution in [3.8, 4) is 0 Å². The van der Waals surface area contributed by atoms with Gasteiger partial charge in [0.1, 0.15) is 5.82 Å². The zero-order chi connectivity index (χ0) is 14.5. The van der Waals surface area contributed by atoms with Crippen LogP contribution in [0.2, 0.25) is 0 Å². The van der Waals surface area contributed by atoms with Crippen molar-refractivity contribution in [2.45, 2.75) is 46.0 Å². The van der Waals surface area contributed by atoms with Crippen LogP contribution in [0.4, 0.5) is 4.39 Å². The first-order chi connectivity index (χ1) is 8.95. The number of hydrogen-bond acceptors (Lipinski definition) is 1. The first-order valence-electron chi connectivity index (χ1n) is 6.62. The van der Waals surface area contributed by atoms with E-state index < -0.39 is 11.4 Å². The highest BCUT2D eigenvalue weighted by Gasteiger charge is 2.36. The van der Waals surface area contributed by atoms with Crippen molar-refractivity contribution in [1.82, 2.24) is 0 Å². The van der Waals surface area contributed by atoms with E-state index in [1.165, 1.54) is 12.1 Å². The Bertz CT molecular complexity index is 448. The second kappa shape index (κ2) is 7.04. The SMILES string of the molecule is CCCCC(CC)(Cc1ccc(F)cc1Br)C(=O)O. The van der Waals surface area contributed by atoms with Crippen LogP contribution in [-0.2, 0) is 11.2 Å². The van der Waals surface area contributed by atoms with Crippen molar-refractivity contribution in [3.05, 3.63) is 34.1 Å². The molecule has 0 aliphatic rings. The molecule has 0 amide bonds. The third kappa shape index (κ3) is 4.03. The summed E-state index contributed by atoms with van der Waals surface area (Å²) in [5.41, 5.74) is 0.0952. The fourth-order valence-electron chi connectivity index (χ4n) is 2.27. The van der Waals surface area contributed by atoms with E-state index in [0.717, 1.165) is 18.4 Å². The van der Waals surface area contributed by atoms with Gasteiger partial charge in [0.2, 0.25) is 0 Å². The van der Waals surface area contributed by atoms with Crippen LogP contribution in [0, 0.1) is 11.2 Å². The summed E-state index contributed by atoms with van der Waals surface area (Å²) in [5, 5.41) is 9.57. The average Bonchev–Trinajstić information content (AvgIpc) is 2.37. The van der Waals surface area contributed by atoms with Gasteiger partial charge in [-0.1, -0.05) is 48.7 Å². The summed E-state index contributed by atoms with van der Waals surface area (Å²) >= 11 is 3.31. The molecule has 2 nitrogen and oxygen atoms in total. The number of carbonyl (C=O) groups is 1. The quantitative estimate of drug-likeness (QED) is 0.779. The van der Waals surface area contributed by atoms with E-state index in [0.29, 0.717) is 23.7 Å². The van der Waals surface area contributed by atoms with Crippen LogP contribution in [0.5, 0.6) is 0 Å². The van der Waals surface area contributed by atoms with Crippen molar-refractivity contribution in [1.29, 1.82) is 0 Å². The third-order valence-corrected chi connectivity index (χ3v) is 4.42. The molecule has 0 saturated carbocycles. The van der Waals surface area contributed by atoms with Crippen molar-refractivity contribution in [3.63, 3.8) is 0 Å². The fraction of sp³-hybridized carbons (Fsp3) is 0.533. The molecule has 0 radical (unpaired) electrons. The van der Waals surface area contributed by atoms with E-state index in [1.54, 1.807) is 6.07 Å². The molecule has 0 fully saturated rings. The number of aliphatic carboxylic acids is 1. The maximum absolute atomic E-state index is 13.1. The van der Waals surface area contributed by atoms with E-state index in [2.05, 4.69) is 22.9 Å². The topological polar surface area (TPSA) is 37.3 Å². The van der Waals surface area contributed by atoms with Gasteiger partial charge in [-0.2, -0.15) is 0 Å². The molecular formula is C15H20BrFO2. The Labute approximate surface area is 122 Å². The standard InChI is InChI=1S/C15H20BrFO2/c1-3-5-8-15(4-2,14(18)19)10-11-6-7-12(17)9-13(11)16/h6-7,9H,3-5,8,10H2,1-2H3,(H,18,19). The summed E-state index contributed by atoms with van der Waals surface area (Å²) in [7, 11) is 0. The number of benzene rings is 1. The molecule has 0 heterocycles. The van der Waals surface area contributed by atoms with Gasteiger partial charge in [-0.15, -0.1) is 0 Å². The van der Waals surface area contributed by atoms with Gasteiger partial charge in [0.15, 0.2) is 0 Å². The van der Waals surface area contributed by atoms with Gasteiger partial charge < -0.3 is 5.11 Å². The number of halogens is 2. The highest BCUT2D eigenvalue weighted by molar-refractivity contribution is 9.10. The highest BCUT2D eigenvalue weighted by Crippen LogP contribution is 2.35. The van der Waals surface area contributed by atoms with E-state index in [9.17, 15) is 14.3 Å². The Morgan fingerprint density at radius 2 is 2.11 bits per heavy atom. The monoisotopic (exact) mass is 330 g/mol. The van der Waals surface area contributed by atoms with Crippen LogP contribution in [0.15, 0.2) is 22.7 Å². The number of hydrogen-bond donors (Lipinski definition) is 1. The summed E-state index contributed by atoms with van der Waals surface area (Å²) in [5.74, 6) is -1.08. The minimum atomic E-state index is -0.764. The summed E-state index contributed by atoms with van der Waals surface area (Å²) in [4.78, 5) is 11.7. The van der Waals surface area contributed by atoms with Crippen molar-refractivity contribution < 1.29 is 14.3 Å².